The summed E-state index contributed by atoms with van der Waals surface area (Å²) in [5.41, 5.74) is 5.19. The summed E-state index contributed by atoms with van der Waals surface area (Å²) in [7, 11) is 0. The Kier molecular flexibility index (Phi) is 3.94. The van der Waals surface area contributed by atoms with E-state index >= 15 is 0 Å². The van der Waals surface area contributed by atoms with Gasteiger partial charge >= 0.3 is 6.01 Å². The number of hydrogen-bond acceptors (Lipinski definition) is 5. The van der Waals surface area contributed by atoms with Crippen molar-refractivity contribution in [3.8, 4) is 0 Å². The van der Waals surface area contributed by atoms with Crippen LogP contribution in [0.2, 0.25) is 0 Å². The number of aromatic nitrogens is 2. The van der Waals surface area contributed by atoms with Gasteiger partial charge < -0.3 is 4.42 Å². The van der Waals surface area contributed by atoms with Crippen LogP contribution in [0.4, 0.5) is 11.1 Å². The molecular weight excluding hydrogens is 318 g/mol. The predicted octanol–water partition coefficient (Wildman–Crippen LogP) is 5.83. The number of fused-ring (bicyclic) bond motifs is 2. The van der Waals surface area contributed by atoms with Crippen LogP contribution >= 0.6 is 11.3 Å². The third-order valence-electron chi connectivity index (χ3n) is 4.03. The Hall–Kier alpha value is -2.40. The maximum absolute atomic E-state index is 5.74. The molecular formula is C19H19N3OS. The molecule has 4 aromatic rings. The smallest absolute Gasteiger partial charge is 0.302 e. The summed E-state index contributed by atoms with van der Waals surface area (Å²) in [6, 6.07) is 13.0. The number of nitrogens with zero attached hydrogens (tertiary/aromatic N) is 2. The van der Waals surface area contributed by atoms with Crippen molar-refractivity contribution in [2.24, 2.45) is 0 Å². The van der Waals surface area contributed by atoms with E-state index in [0.717, 1.165) is 28.2 Å². The van der Waals surface area contributed by atoms with Gasteiger partial charge in [-0.2, -0.15) is 4.98 Å². The van der Waals surface area contributed by atoms with Gasteiger partial charge in [-0.3, -0.25) is 5.32 Å². The molecule has 122 valence electrons. The summed E-state index contributed by atoms with van der Waals surface area (Å²) in [4.78, 5) is 9.11. The molecule has 2 aromatic heterocycles. The first-order valence-corrected chi connectivity index (χ1v) is 9.06. The summed E-state index contributed by atoms with van der Waals surface area (Å²) < 4.78 is 6.94. The normalized spacial score (nSPS) is 11.4. The molecule has 0 unspecified atom stereocenters. The summed E-state index contributed by atoms with van der Waals surface area (Å²) in [6.07, 6.45) is 3.56. The Labute approximate surface area is 144 Å². The molecule has 5 heteroatoms. The highest BCUT2D eigenvalue weighted by Crippen LogP contribution is 2.30. The third-order valence-corrected chi connectivity index (χ3v) is 4.96. The lowest BCUT2D eigenvalue weighted by molar-refractivity contribution is 0.623. The van der Waals surface area contributed by atoms with Crippen molar-refractivity contribution in [1.29, 1.82) is 0 Å². The summed E-state index contributed by atoms with van der Waals surface area (Å²) in [6.45, 7) is 4.26. The first kappa shape index (κ1) is 15.1. The highest BCUT2D eigenvalue weighted by atomic mass is 32.1. The molecule has 0 aliphatic rings. The molecule has 0 fully saturated rings. The Morgan fingerprint density at radius 3 is 2.88 bits per heavy atom. The molecule has 0 saturated carbocycles. The fourth-order valence-electron chi connectivity index (χ4n) is 2.74. The van der Waals surface area contributed by atoms with Crippen LogP contribution in [0.15, 0.2) is 40.8 Å². The van der Waals surface area contributed by atoms with Crippen LogP contribution in [0.5, 0.6) is 0 Å². The van der Waals surface area contributed by atoms with E-state index in [9.17, 15) is 0 Å². The number of oxazole rings is 1. The molecule has 0 amide bonds. The van der Waals surface area contributed by atoms with Gasteiger partial charge in [0.05, 0.1) is 10.2 Å². The quantitative estimate of drug-likeness (QED) is 0.497. The van der Waals surface area contributed by atoms with Crippen LogP contribution in [0.1, 0.15) is 30.9 Å². The van der Waals surface area contributed by atoms with E-state index in [4.69, 9.17) is 4.42 Å². The van der Waals surface area contributed by atoms with E-state index in [0.29, 0.717) is 6.01 Å². The summed E-state index contributed by atoms with van der Waals surface area (Å²) in [5.74, 6) is 0. The largest absolute Gasteiger partial charge is 0.423 e. The van der Waals surface area contributed by atoms with E-state index in [-0.39, 0.29) is 0 Å². The van der Waals surface area contributed by atoms with Gasteiger partial charge in [-0.05, 0) is 55.2 Å². The van der Waals surface area contributed by atoms with Crippen LogP contribution in [-0.2, 0) is 6.42 Å². The van der Waals surface area contributed by atoms with Crippen molar-refractivity contribution in [2.75, 3.05) is 5.32 Å². The molecule has 0 aliphatic heterocycles. The lowest BCUT2D eigenvalue weighted by Crippen LogP contribution is -1.88. The van der Waals surface area contributed by atoms with Gasteiger partial charge in [-0.1, -0.05) is 36.8 Å². The third kappa shape index (κ3) is 2.99. The van der Waals surface area contributed by atoms with Gasteiger partial charge in [-0.15, -0.1) is 0 Å². The molecule has 1 N–H and O–H groups in total. The highest BCUT2D eigenvalue weighted by Gasteiger charge is 2.10. The maximum atomic E-state index is 5.74. The first-order chi connectivity index (χ1) is 11.7. The van der Waals surface area contributed by atoms with E-state index in [1.807, 2.05) is 25.1 Å². The minimum absolute atomic E-state index is 0.487. The molecule has 0 atom stereocenters. The van der Waals surface area contributed by atoms with Crippen LogP contribution in [0.3, 0.4) is 0 Å². The van der Waals surface area contributed by atoms with E-state index in [2.05, 4.69) is 40.4 Å². The van der Waals surface area contributed by atoms with Gasteiger partial charge in [0, 0.05) is 0 Å². The zero-order valence-corrected chi connectivity index (χ0v) is 14.6. The predicted molar refractivity (Wildman–Crippen MR) is 100 cm³/mol. The van der Waals surface area contributed by atoms with Crippen LogP contribution in [-0.4, -0.2) is 9.97 Å². The Morgan fingerprint density at radius 1 is 1.08 bits per heavy atom. The van der Waals surface area contributed by atoms with Gasteiger partial charge in [0.15, 0.2) is 10.7 Å². The minimum atomic E-state index is 0.487. The van der Waals surface area contributed by atoms with E-state index < -0.39 is 0 Å². The van der Waals surface area contributed by atoms with Crippen molar-refractivity contribution < 1.29 is 4.42 Å². The maximum Gasteiger partial charge on any atom is 0.302 e. The van der Waals surface area contributed by atoms with Crippen LogP contribution in [0.25, 0.3) is 21.3 Å². The lowest BCUT2D eigenvalue weighted by Gasteiger charge is -1.98. The molecule has 0 saturated heterocycles. The zero-order chi connectivity index (χ0) is 16.5. The fraction of sp³-hybridized carbons (Fsp3) is 0.263. The molecule has 0 aliphatic carbocycles. The van der Waals surface area contributed by atoms with Crippen molar-refractivity contribution in [2.45, 2.75) is 33.1 Å². The molecule has 0 bridgehead atoms. The second-order valence-electron chi connectivity index (χ2n) is 6.04. The van der Waals surface area contributed by atoms with Gasteiger partial charge in [0.1, 0.15) is 5.52 Å². The zero-order valence-electron chi connectivity index (χ0n) is 13.8. The number of anilines is 2. The molecule has 0 spiro atoms. The SMILES string of the molecule is CCCCc1ccc2nc(Nc3nc4cc(C)ccc4o3)sc2c1. The molecule has 0 radical (unpaired) electrons. The van der Waals surface area contributed by atoms with Crippen molar-refractivity contribution in [1.82, 2.24) is 9.97 Å². The topological polar surface area (TPSA) is 51.0 Å². The van der Waals surface area contributed by atoms with Crippen molar-refractivity contribution in [3.63, 3.8) is 0 Å². The number of hydrogen-bond donors (Lipinski definition) is 1. The Balaban J connectivity index is 1.60. The number of thiazole rings is 1. The molecule has 2 aromatic carbocycles. The van der Waals surface area contributed by atoms with Crippen LogP contribution in [0, 0.1) is 6.92 Å². The average molecular weight is 337 g/mol. The molecule has 2 heterocycles. The number of unbranched alkanes of at least 4 members (excludes halogenated alkanes) is 1. The number of aryl methyl sites for hydroxylation is 2. The number of nitrogens with one attached hydrogen (secondary N) is 1. The Bertz CT molecular complexity index is 1000. The monoisotopic (exact) mass is 337 g/mol. The summed E-state index contributed by atoms with van der Waals surface area (Å²) in [5, 5.41) is 4.00. The van der Waals surface area contributed by atoms with Crippen molar-refractivity contribution >= 4 is 43.8 Å². The second-order valence-corrected chi connectivity index (χ2v) is 7.07. The van der Waals surface area contributed by atoms with Crippen LogP contribution < -0.4 is 5.32 Å². The fourth-order valence-corrected chi connectivity index (χ4v) is 3.66. The number of rotatable bonds is 5. The average Bonchev–Trinajstić information content (AvgIpc) is 3.14. The lowest BCUT2D eigenvalue weighted by atomic mass is 10.1. The highest BCUT2D eigenvalue weighted by molar-refractivity contribution is 7.22. The Morgan fingerprint density at radius 2 is 2.00 bits per heavy atom. The number of benzene rings is 2. The molecule has 24 heavy (non-hydrogen) atoms. The first-order valence-electron chi connectivity index (χ1n) is 8.25. The standard InChI is InChI=1S/C19H19N3OS/c1-3-4-5-13-7-8-14-17(11-13)24-19(21-14)22-18-20-15-10-12(2)6-9-16(15)23-18/h6-11H,3-5H2,1-2H3,(H,20,21,22). The summed E-state index contributed by atoms with van der Waals surface area (Å²) >= 11 is 1.63. The molecule has 4 rings (SSSR count). The van der Waals surface area contributed by atoms with E-state index in [1.165, 1.54) is 28.7 Å². The minimum Gasteiger partial charge on any atom is -0.423 e. The van der Waals surface area contributed by atoms with E-state index in [1.54, 1.807) is 11.3 Å². The van der Waals surface area contributed by atoms with Gasteiger partial charge in [0.25, 0.3) is 0 Å². The van der Waals surface area contributed by atoms with Crippen molar-refractivity contribution in [3.05, 3.63) is 47.5 Å². The van der Waals surface area contributed by atoms with Gasteiger partial charge in [0.2, 0.25) is 0 Å². The van der Waals surface area contributed by atoms with Gasteiger partial charge in [-0.25, -0.2) is 4.98 Å². The second kappa shape index (κ2) is 6.24. The molecule has 4 nitrogen and oxygen atoms in total.